The van der Waals surface area contributed by atoms with Crippen LogP contribution in [0.25, 0.3) is 11.0 Å². The van der Waals surface area contributed by atoms with Gasteiger partial charge in [-0.3, -0.25) is 0 Å². The molecule has 2 aromatic rings. The summed E-state index contributed by atoms with van der Waals surface area (Å²) in [5.74, 6) is 1.34. The number of rotatable bonds is 8. The third-order valence-electron chi connectivity index (χ3n) is 3.30. The molecule has 0 saturated carbocycles. The Morgan fingerprint density at radius 2 is 2.10 bits per heavy atom. The van der Waals surface area contributed by atoms with Crippen molar-refractivity contribution in [2.45, 2.75) is 46.3 Å². The van der Waals surface area contributed by atoms with E-state index in [0.717, 1.165) is 42.8 Å². The van der Waals surface area contributed by atoms with Gasteiger partial charge in [-0.15, -0.1) is 0 Å². The monoisotopic (exact) mass is 291 g/mol. The number of nitrogen functional groups attached to an aromatic ring is 1. The quantitative estimate of drug-likeness (QED) is 0.759. The maximum absolute atomic E-state index is 6.05. The first-order chi connectivity index (χ1) is 10.1. The second-order valence-electron chi connectivity index (χ2n) is 5.31. The number of para-hydroxylation sites is 1. The number of benzene rings is 1. The second kappa shape index (κ2) is 7.31. The van der Waals surface area contributed by atoms with Crippen molar-refractivity contribution in [2.24, 2.45) is 0 Å². The molecule has 0 aliphatic rings. The van der Waals surface area contributed by atoms with Gasteiger partial charge >= 0.3 is 0 Å². The molecular formula is C16H25N3O2. The summed E-state index contributed by atoms with van der Waals surface area (Å²) in [6.07, 6.45) is 2.32. The fraction of sp³-hybridized carbons (Fsp3) is 0.562. The van der Waals surface area contributed by atoms with E-state index in [0.29, 0.717) is 12.6 Å². The van der Waals surface area contributed by atoms with E-state index in [4.69, 9.17) is 15.2 Å². The number of aryl methyl sites for hydroxylation is 1. The minimum atomic E-state index is 0.290. The standard InChI is InChI=1S/C16H25N3O2/c1-4-20-14-9-7-8-13-15(14)18-16(17)19(13)10-5-6-11-21-12(2)3/h7-9,12H,4-6,10-11H2,1-3H3,(H2,17,18). The van der Waals surface area contributed by atoms with Gasteiger partial charge in [-0.25, -0.2) is 4.98 Å². The van der Waals surface area contributed by atoms with Gasteiger partial charge in [0.2, 0.25) is 5.95 Å². The predicted molar refractivity (Wildman–Crippen MR) is 85.6 cm³/mol. The number of nitrogens with two attached hydrogens (primary N) is 1. The highest BCUT2D eigenvalue weighted by Gasteiger charge is 2.11. The maximum Gasteiger partial charge on any atom is 0.201 e. The Bertz CT molecular complexity index is 578. The first-order valence-electron chi connectivity index (χ1n) is 7.62. The molecule has 5 nitrogen and oxygen atoms in total. The third-order valence-corrected chi connectivity index (χ3v) is 3.30. The molecule has 116 valence electrons. The van der Waals surface area contributed by atoms with Crippen LogP contribution in [0.1, 0.15) is 33.6 Å². The van der Waals surface area contributed by atoms with Crippen molar-refractivity contribution >= 4 is 17.0 Å². The summed E-state index contributed by atoms with van der Waals surface area (Å²) in [5, 5.41) is 0. The van der Waals surface area contributed by atoms with Crippen molar-refractivity contribution < 1.29 is 9.47 Å². The lowest BCUT2D eigenvalue weighted by atomic mass is 10.2. The molecule has 0 aliphatic carbocycles. The highest BCUT2D eigenvalue weighted by molar-refractivity contribution is 5.84. The van der Waals surface area contributed by atoms with E-state index in [-0.39, 0.29) is 6.10 Å². The molecule has 0 saturated heterocycles. The summed E-state index contributed by atoms with van der Waals surface area (Å²) < 4.78 is 13.2. The minimum Gasteiger partial charge on any atom is -0.492 e. The van der Waals surface area contributed by atoms with E-state index in [2.05, 4.69) is 18.8 Å². The van der Waals surface area contributed by atoms with E-state index in [9.17, 15) is 0 Å². The van der Waals surface area contributed by atoms with Crippen molar-refractivity contribution in [3.8, 4) is 5.75 Å². The van der Waals surface area contributed by atoms with Crippen LogP contribution < -0.4 is 10.5 Å². The Morgan fingerprint density at radius 1 is 1.29 bits per heavy atom. The van der Waals surface area contributed by atoms with Gasteiger partial charge in [0, 0.05) is 13.2 Å². The van der Waals surface area contributed by atoms with Crippen molar-refractivity contribution in [3.63, 3.8) is 0 Å². The highest BCUT2D eigenvalue weighted by Crippen LogP contribution is 2.27. The largest absolute Gasteiger partial charge is 0.492 e. The van der Waals surface area contributed by atoms with E-state index < -0.39 is 0 Å². The molecule has 2 rings (SSSR count). The molecule has 0 aliphatic heterocycles. The summed E-state index contributed by atoms with van der Waals surface area (Å²) in [6, 6.07) is 5.94. The number of hydrogen-bond acceptors (Lipinski definition) is 4. The topological polar surface area (TPSA) is 62.3 Å². The lowest BCUT2D eigenvalue weighted by molar-refractivity contribution is 0.0755. The third kappa shape index (κ3) is 3.88. The van der Waals surface area contributed by atoms with Crippen molar-refractivity contribution in [2.75, 3.05) is 18.9 Å². The molecule has 0 spiro atoms. The van der Waals surface area contributed by atoms with Gasteiger partial charge in [-0.2, -0.15) is 0 Å². The van der Waals surface area contributed by atoms with E-state index in [1.165, 1.54) is 0 Å². The van der Waals surface area contributed by atoms with Crippen LogP contribution in [0.2, 0.25) is 0 Å². The molecule has 2 N–H and O–H groups in total. The Labute approximate surface area is 126 Å². The van der Waals surface area contributed by atoms with Crippen LogP contribution >= 0.6 is 0 Å². The molecule has 0 fully saturated rings. The molecule has 0 amide bonds. The van der Waals surface area contributed by atoms with Gasteiger partial charge in [0.15, 0.2) is 0 Å². The number of imidazole rings is 1. The Balaban J connectivity index is 2.06. The number of anilines is 1. The number of hydrogen-bond donors (Lipinski definition) is 1. The van der Waals surface area contributed by atoms with Gasteiger partial charge in [-0.05, 0) is 45.7 Å². The molecule has 21 heavy (non-hydrogen) atoms. The number of ether oxygens (including phenoxy) is 2. The fourth-order valence-electron chi connectivity index (χ4n) is 2.34. The van der Waals surface area contributed by atoms with Crippen LogP contribution in [0.5, 0.6) is 5.75 Å². The summed E-state index contributed by atoms with van der Waals surface area (Å²) >= 11 is 0. The van der Waals surface area contributed by atoms with Gasteiger partial charge in [0.05, 0.1) is 18.2 Å². The van der Waals surface area contributed by atoms with Crippen LogP contribution in [0.15, 0.2) is 18.2 Å². The van der Waals surface area contributed by atoms with E-state index in [1.54, 1.807) is 0 Å². The van der Waals surface area contributed by atoms with Crippen LogP contribution in [0.4, 0.5) is 5.95 Å². The molecule has 0 atom stereocenters. The maximum atomic E-state index is 6.05. The van der Waals surface area contributed by atoms with Crippen molar-refractivity contribution in [1.29, 1.82) is 0 Å². The van der Waals surface area contributed by atoms with E-state index in [1.807, 2.05) is 29.7 Å². The zero-order valence-corrected chi connectivity index (χ0v) is 13.1. The normalized spacial score (nSPS) is 11.4. The first-order valence-corrected chi connectivity index (χ1v) is 7.62. The van der Waals surface area contributed by atoms with Crippen LogP contribution in [-0.4, -0.2) is 28.9 Å². The molecule has 1 aromatic heterocycles. The summed E-state index contributed by atoms with van der Waals surface area (Å²) in [6.45, 7) is 8.33. The number of nitrogens with zero attached hydrogens (tertiary/aromatic N) is 2. The number of unbranched alkanes of at least 4 members (excludes halogenated alkanes) is 1. The molecule has 1 aromatic carbocycles. The molecule has 1 heterocycles. The first kappa shape index (κ1) is 15.6. The fourth-order valence-corrected chi connectivity index (χ4v) is 2.34. The summed E-state index contributed by atoms with van der Waals surface area (Å²) in [5.41, 5.74) is 7.92. The summed E-state index contributed by atoms with van der Waals surface area (Å²) in [7, 11) is 0. The van der Waals surface area contributed by atoms with Gasteiger partial charge in [0.1, 0.15) is 11.3 Å². The molecular weight excluding hydrogens is 266 g/mol. The van der Waals surface area contributed by atoms with Gasteiger partial charge in [-0.1, -0.05) is 6.07 Å². The van der Waals surface area contributed by atoms with Crippen LogP contribution in [0.3, 0.4) is 0 Å². The average Bonchev–Trinajstić information content (AvgIpc) is 2.76. The zero-order chi connectivity index (χ0) is 15.2. The van der Waals surface area contributed by atoms with Crippen molar-refractivity contribution in [1.82, 2.24) is 9.55 Å². The number of aromatic nitrogens is 2. The van der Waals surface area contributed by atoms with E-state index >= 15 is 0 Å². The second-order valence-corrected chi connectivity index (χ2v) is 5.31. The SMILES string of the molecule is CCOc1cccc2c1nc(N)n2CCCCOC(C)C. The number of fused-ring (bicyclic) bond motifs is 1. The Morgan fingerprint density at radius 3 is 2.81 bits per heavy atom. The molecule has 0 bridgehead atoms. The van der Waals surface area contributed by atoms with Gasteiger partial charge in [0.25, 0.3) is 0 Å². The molecule has 5 heteroatoms. The molecule has 0 radical (unpaired) electrons. The van der Waals surface area contributed by atoms with Crippen molar-refractivity contribution in [3.05, 3.63) is 18.2 Å². The lowest BCUT2D eigenvalue weighted by Gasteiger charge is -2.09. The highest BCUT2D eigenvalue weighted by atomic mass is 16.5. The lowest BCUT2D eigenvalue weighted by Crippen LogP contribution is -2.07. The predicted octanol–water partition coefficient (Wildman–Crippen LogP) is 3.22. The average molecular weight is 291 g/mol. The van der Waals surface area contributed by atoms with Crippen LogP contribution in [0, 0.1) is 0 Å². The Kier molecular flexibility index (Phi) is 5.44. The summed E-state index contributed by atoms with van der Waals surface area (Å²) in [4.78, 5) is 4.44. The minimum absolute atomic E-state index is 0.290. The zero-order valence-electron chi connectivity index (χ0n) is 13.1. The smallest absolute Gasteiger partial charge is 0.201 e. The Hall–Kier alpha value is -1.75. The molecule has 0 unspecified atom stereocenters. The van der Waals surface area contributed by atoms with Crippen LogP contribution in [-0.2, 0) is 11.3 Å². The van der Waals surface area contributed by atoms with Gasteiger partial charge < -0.3 is 19.8 Å².